The first-order valence-electron chi connectivity index (χ1n) is 5.81. The maximum Gasteiger partial charge on any atom is 0.347 e. The molecule has 2 heterocycles. The van der Waals surface area contributed by atoms with Crippen molar-refractivity contribution in [2.75, 3.05) is 0 Å². The third-order valence-electron chi connectivity index (χ3n) is 3.57. The fourth-order valence-corrected chi connectivity index (χ4v) is 2.35. The lowest BCUT2D eigenvalue weighted by atomic mass is 10.1. The Hall–Kier alpha value is -1.58. The smallest absolute Gasteiger partial charge is 0.247 e. The maximum absolute atomic E-state index is 11.6. The number of hydrogen-bond donors (Lipinski definition) is 1. The highest BCUT2D eigenvalue weighted by Gasteiger charge is 2.31. The molecule has 1 aliphatic rings. The Morgan fingerprint density at radius 2 is 2.38 bits per heavy atom. The lowest BCUT2D eigenvalue weighted by Crippen LogP contribution is -2.13. The molecule has 1 saturated carbocycles. The van der Waals surface area contributed by atoms with Crippen LogP contribution in [0.3, 0.4) is 0 Å². The van der Waals surface area contributed by atoms with Gasteiger partial charge in [-0.2, -0.15) is 5.10 Å². The third kappa shape index (κ3) is 1.54. The molecule has 16 heavy (non-hydrogen) atoms. The summed E-state index contributed by atoms with van der Waals surface area (Å²) in [5.41, 5.74) is 1.65. The van der Waals surface area contributed by atoms with E-state index < -0.39 is 0 Å². The quantitative estimate of drug-likeness (QED) is 0.849. The van der Waals surface area contributed by atoms with Gasteiger partial charge >= 0.3 is 5.69 Å². The minimum absolute atomic E-state index is 0.130. The monoisotopic (exact) mass is 217 g/mol. The van der Waals surface area contributed by atoms with E-state index in [-0.39, 0.29) is 5.69 Å². The van der Waals surface area contributed by atoms with Crippen LogP contribution in [0.15, 0.2) is 23.0 Å². The number of nitrogens with zero attached hydrogens (tertiary/aromatic N) is 2. The summed E-state index contributed by atoms with van der Waals surface area (Å²) in [6.07, 6.45) is 3.49. The minimum Gasteiger partial charge on any atom is -0.247 e. The molecule has 0 bridgehead atoms. The van der Waals surface area contributed by atoms with Crippen molar-refractivity contribution in [2.24, 2.45) is 11.8 Å². The van der Waals surface area contributed by atoms with Crippen molar-refractivity contribution in [1.82, 2.24) is 14.6 Å². The SMILES string of the molecule is C[C@@H]1CC1CCc1cccc2n[nH]c(=O)n12. The average molecular weight is 217 g/mol. The average Bonchev–Trinajstić information content (AvgIpc) is 2.86. The van der Waals surface area contributed by atoms with E-state index in [4.69, 9.17) is 0 Å². The molecule has 0 spiro atoms. The lowest BCUT2D eigenvalue weighted by molar-refractivity contribution is 0.659. The van der Waals surface area contributed by atoms with Gasteiger partial charge in [0.2, 0.25) is 0 Å². The molecule has 4 heteroatoms. The van der Waals surface area contributed by atoms with Crippen molar-refractivity contribution in [3.05, 3.63) is 34.4 Å². The molecule has 0 aliphatic heterocycles. The van der Waals surface area contributed by atoms with E-state index in [1.807, 2.05) is 18.2 Å². The third-order valence-corrected chi connectivity index (χ3v) is 3.57. The standard InChI is InChI=1S/C12H15N3O/c1-8-7-9(8)5-6-10-3-2-4-11-13-14-12(16)15(10)11/h2-4,8-9H,5-7H2,1H3,(H,14,16)/t8-,9?/m1/s1. The summed E-state index contributed by atoms with van der Waals surface area (Å²) in [5.74, 6) is 1.73. The van der Waals surface area contributed by atoms with Crippen molar-refractivity contribution < 1.29 is 0 Å². The highest BCUT2D eigenvalue weighted by molar-refractivity contribution is 5.38. The summed E-state index contributed by atoms with van der Waals surface area (Å²) in [4.78, 5) is 11.6. The predicted octanol–water partition coefficient (Wildman–Crippen LogP) is 1.61. The fourth-order valence-electron chi connectivity index (χ4n) is 2.35. The minimum atomic E-state index is -0.130. The topological polar surface area (TPSA) is 50.2 Å². The molecule has 0 radical (unpaired) electrons. The van der Waals surface area contributed by atoms with E-state index in [0.29, 0.717) is 5.65 Å². The number of fused-ring (bicyclic) bond motifs is 1. The predicted molar refractivity (Wildman–Crippen MR) is 61.4 cm³/mol. The second kappa shape index (κ2) is 3.47. The van der Waals surface area contributed by atoms with Gasteiger partial charge in [-0.3, -0.25) is 0 Å². The van der Waals surface area contributed by atoms with Gasteiger partial charge in [0.1, 0.15) is 0 Å². The van der Waals surface area contributed by atoms with Crippen LogP contribution in [0.1, 0.15) is 25.5 Å². The molecule has 2 atom stereocenters. The van der Waals surface area contributed by atoms with Gasteiger partial charge in [0.25, 0.3) is 0 Å². The van der Waals surface area contributed by atoms with Gasteiger partial charge in [0.15, 0.2) is 5.65 Å². The van der Waals surface area contributed by atoms with Crippen LogP contribution in [0.5, 0.6) is 0 Å². The Labute approximate surface area is 93.3 Å². The second-order valence-electron chi connectivity index (χ2n) is 4.75. The van der Waals surface area contributed by atoms with Crippen molar-refractivity contribution in [3.8, 4) is 0 Å². The Morgan fingerprint density at radius 1 is 1.56 bits per heavy atom. The summed E-state index contributed by atoms with van der Waals surface area (Å²) in [6, 6.07) is 5.82. The Balaban J connectivity index is 1.90. The summed E-state index contributed by atoms with van der Waals surface area (Å²) in [5, 5.41) is 6.45. The maximum atomic E-state index is 11.6. The van der Waals surface area contributed by atoms with E-state index in [0.717, 1.165) is 24.0 Å². The molecule has 0 aromatic carbocycles. The Morgan fingerprint density at radius 3 is 3.12 bits per heavy atom. The van der Waals surface area contributed by atoms with Gasteiger partial charge in [-0.15, -0.1) is 0 Å². The highest BCUT2D eigenvalue weighted by atomic mass is 16.1. The fraction of sp³-hybridized carbons (Fsp3) is 0.500. The van der Waals surface area contributed by atoms with E-state index in [2.05, 4.69) is 17.1 Å². The van der Waals surface area contributed by atoms with Gasteiger partial charge in [-0.05, 0) is 43.2 Å². The van der Waals surface area contributed by atoms with Crippen LogP contribution in [0.2, 0.25) is 0 Å². The Kier molecular flexibility index (Phi) is 2.09. The molecule has 1 aliphatic carbocycles. The molecule has 2 aromatic heterocycles. The van der Waals surface area contributed by atoms with Crippen LogP contribution >= 0.6 is 0 Å². The van der Waals surface area contributed by atoms with Crippen LogP contribution in [-0.4, -0.2) is 14.6 Å². The first-order valence-corrected chi connectivity index (χ1v) is 5.81. The van der Waals surface area contributed by atoms with Gasteiger partial charge in [0, 0.05) is 5.69 Å². The summed E-state index contributed by atoms with van der Waals surface area (Å²) in [7, 11) is 0. The molecule has 4 nitrogen and oxygen atoms in total. The van der Waals surface area contributed by atoms with E-state index in [1.54, 1.807) is 4.40 Å². The molecule has 1 N–H and O–H groups in total. The Bertz CT molecular complexity index is 569. The van der Waals surface area contributed by atoms with E-state index >= 15 is 0 Å². The van der Waals surface area contributed by atoms with Crippen molar-refractivity contribution >= 4 is 5.65 Å². The van der Waals surface area contributed by atoms with E-state index in [1.165, 1.54) is 12.8 Å². The number of H-pyrrole nitrogens is 1. The molecule has 0 amide bonds. The van der Waals surface area contributed by atoms with Crippen LogP contribution < -0.4 is 5.69 Å². The zero-order valence-electron chi connectivity index (χ0n) is 9.31. The molecular weight excluding hydrogens is 202 g/mol. The summed E-state index contributed by atoms with van der Waals surface area (Å²) < 4.78 is 1.67. The van der Waals surface area contributed by atoms with Crippen molar-refractivity contribution in [1.29, 1.82) is 0 Å². The van der Waals surface area contributed by atoms with E-state index in [9.17, 15) is 4.79 Å². The number of pyridine rings is 1. The molecular formula is C12H15N3O. The number of hydrogen-bond acceptors (Lipinski definition) is 2. The number of rotatable bonds is 3. The van der Waals surface area contributed by atoms with Crippen molar-refractivity contribution in [3.63, 3.8) is 0 Å². The van der Waals surface area contributed by atoms with Crippen LogP contribution in [0, 0.1) is 11.8 Å². The van der Waals surface area contributed by atoms with Gasteiger partial charge in [0.05, 0.1) is 0 Å². The molecule has 1 fully saturated rings. The molecule has 3 rings (SSSR count). The highest BCUT2D eigenvalue weighted by Crippen LogP contribution is 2.41. The number of aryl methyl sites for hydroxylation is 1. The van der Waals surface area contributed by atoms with Crippen LogP contribution in [0.4, 0.5) is 0 Å². The summed E-state index contributed by atoms with van der Waals surface area (Å²) in [6.45, 7) is 2.29. The number of aromatic nitrogens is 3. The molecule has 0 saturated heterocycles. The normalized spacial score (nSPS) is 23.8. The second-order valence-corrected chi connectivity index (χ2v) is 4.75. The van der Waals surface area contributed by atoms with Gasteiger partial charge in [-0.25, -0.2) is 14.3 Å². The largest absolute Gasteiger partial charge is 0.347 e. The van der Waals surface area contributed by atoms with Crippen LogP contribution in [-0.2, 0) is 6.42 Å². The molecule has 1 unspecified atom stereocenters. The summed E-state index contributed by atoms with van der Waals surface area (Å²) >= 11 is 0. The first kappa shape index (κ1) is 9.63. The van der Waals surface area contributed by atoms with Crippen molar-refractivity contribution in [2.45, 2.75) is 26.2 Å². The zero-order chi connectivity index (χ0) is 11.1. The van der Waals surface area contributed by atoms with Crippen LogP contribution in [0.25, 0.3) is 5.65 Å². The lowest BCUT2D eigenvalue weighted by Gasteiger charge is -2.02. The zero-order valence-corrected chi connectivity index (χ0v) is 9.31. The number of aromatic amines is 1. The first-order chi connectivity index (χ1) is 7.75. The number of nitrogens with one attached hydrogen (secondary N) is 1. The molecule has 2 aromatic rings. The van der Waals surface area contributed by atoms with Gasteiger partial charge in [-0.1, -0.05) is 13.0 Å². The van der Waals surface area contributed by atoms with Gasteiger partial charge < -0.3 is 0 Å². The molecule has 84 valence electrons.